The SMILES string of the molecule is O=C(CCn1ccc(C(=O)O)n1)Nc1cnn(Cc2cccc(C(F)(F)F)c2)c1. The number of carbonyl (C=O) groups is 2. The first-order chi connectivity index (χ1) is 13.7. The van der Waals surface area contributed by atoms with Crippen LogP contribution in [0.1, 0.15) is 28.0 Å². The third-order valence-corrected chi connectivity index (χ3v) is 3.94. The van der Waals surface area contributed by atoms with Crippen molar-refractivity contribution >= 4 is 17.6 Å². The van der Waals surface area contributed by atoms with Gasteiger partial charge < -0.3 is 10.4 Å². The van der Waals surface area contributed by atoms with Gasteiger partial charge in [0.1, 0.15) is 0 Å². The molecule has 152 valence electrons. The molecular formula is C18H16F3N5O3. The van der Waals surface area contributed by atoms with Crippen molar-refractivity contribution in [3.05, 3.63) is 65.7 Å². The predicted octanol–water partition coefficient (Wildman–Crippen LogP) is 2.87. The van der Waals surface area contributed by atoms with Crippen LogP contribution in [0.25, 0.3) is 0 Å². The molecule has 11 heteroatoms. The molecule has 0 saturated heterocycles. The number of nitrogens with one attached hydrogen (secondary N) is 1. The maximum atomic E-state index is 12.8. The van der Waals surface area contributed by atoms with Gasteiger partial charge in [-0.3, -0.25) is 14.2 Å². The lowest BCUT2D eigenvalue weighted by Gasteiger charge is -2.08. The Morgan fingerprint density at radius 1 is 1.17 bits per heavy atom. The molecule has 1 aromatic carbocycles. The lowest BCUT2D eigenvalue weighted by molar-refractivity contribution is -0.137. The summed E-state index contributed by atoms with van der Waals surface area (Å²) in [5.74, 6) is -1.49. The molecule has 0 saturated carbocycles. The molecule has 3 aromatic rings. The highest BCUT2D eigenvalue weighted by molar-refractivity contribution is 5.90. The molecule has 29 heavy (non-hydrogen) atoms. The van der Waals surface area contributed by atoms with Crippen LogP contribution in [-0.2, 0) is 24.1 Å². The van der Waals surface area contributed by atoms with Crippen LogP contribution in [0.4, 0.5) is 18.9 Å². The topological polar surface area (TPSA) is 102 Å². The van der Waals surface area contributed by atoms with E-state index in [-0.39, 0.29) is 31.1 Å². The average Bonchev–Trinajstić information content (AvgIpc) is 3.29. The largest absolute Gasteiger partial charge is 0.476 e. The lowest BCUT2D eigenvalue weighted by Crippen LogP contribution is -2.14. The Morgan fingerprint density at radius 2 is 1.97 bits per heavy atom. The number of halogens is 3. The third kappa shape index (κ3) is 5.43. The van der Waals surface area contributed by atoms with Crippen molar-refractivity contribution in [3.8, 4) is 0 Å². The maximum absolute atomic E-state index is 12.8. The van der Waals surface area contributed by atoms with Gasteiger partial charge in [-0.1, -0.05) is 12.1 Å². The number of aryl methyl sites for hydroxylation is 1. The smallest absolute Gasteiger partial charge is 0.416 e. The number of rotatable bonds is 7. The second-order valence-electron chi connectivity index (χ2n) is 6.19. The van der Waals surface area contributed by atoms with Crippen LogP contribution in [0.3, 0.4) is 0 Å². The summed E-state index contributed by atoms with van der Waals surface area (Å²) in [6, 6.07) is 6.27. The maximum Gasteiger partial charge on any atom is 0.416 e. The van der Waals surface area contributed by atoms with E-state index in [1.54, 1.807) is 6.07 Å². The Hall–Kier alpha value is -3.63. The van der Waals surface area contributed by atoms with Crippen molar-refractivity contribution in [2.45, 2.75) is 25.7 Å². The minimum absolute atomic E-state index is 0.0551. The molecule has 8 nitrogen and oxygen atoms in total. The first-order valence-corrected chi connectivity index (χ1v) is 8.46. The number of amides is 1. The minimum Gasteiger partial charge on any atom is -0.476 e. The molecule has 2 aromatic heterocycles. The second-order valence-corrected chi connectivity index (χ2v) is 6.19. The first-order valence-electron chi connectivity index (χ1n) is 8.46. The Labute approximate surface area is 162 Å². The highest BCUT2D eigenvalue weighted by Gasteiger charge is 2.30. The molecule has 0 unspecified atom stereocenters. The fraction of sp³-hybridized carbons (Fsp3) is 0.222. The van der Waals surface area contributed by atoms with Crippen LogP contribution in [0.2, 0.25) is 0 Å². The quantitative estimate of drug-likeness (QED) is 0.627. The van der Waals surface area contributed by atoms with E-state index in [9.17, 15) is 22.8 Å². The van der Waals surface area contributed by atoms with Gasteiger partial charge in [-0.2, -0.15) is 23.4 Å². The number of aromatic nitrogens is 4. The summed E-state index contributed by atoms with van der Waals surface area (Å²) < 4.78 is 41.1. The number of carboxylic acids is 1. The normalized spacial score (nSPS) is 11.4. The van der Waals surface area contributed by atoms with Crippen LogP contribution >= 0.6 is 0 Å². The van der Waals surface area contributed by atoms with Crippen LogP contribution in [0.5, 0.6) is 0 Å². The second kappa shape index (κ2) is 8.17. The molecule has 0 aliphatic heterocycles. The number of carbonyl (C=O) groups excluding carboxylic acids is 1. The lowest BCUT2D eigenvalue weighted by atomic mass is 10.1. The van der Waals surface area contributed by atoms with Crippen molar-refractivity contribution in [1.82, 2.24) is 19.6 Å². The Kier molecular flexibility index (Phi) is 5.66. The summed E-state index contributed by atoms with van der Waals surface area (Å²) in [5, 5.41) is 19.3. The van der Waals surface area contributed by atoms with E-state index >= 15 is 0 Å². The molecule has 0 fully saturated rings. The molecular weight excluding hydrogens is 391 g/mol. The molecule has 0 spiro atoms. The summed E-state index contributed by atoms with van der Waals surface area (Å²) in [6.45, 7) is 0.308. The molecule has 0 aliphatic rings. The minimum atomic E-state index is -4.42. The van der Waals surface area contributed by atoms with Gasteiger partial charge in [0.25, 0.3) is 0 Å². The monoisotopic (exact) mass is 407 g/mol. The van der Waals surface area contributed by atoms with E-state index in [0.717, 1.165) is 12.1 Å². The fourth-order valence-electron chi connectivity index (χ4n) is 2.59. The number of anilines is 1. The van der Waals surface area contributed by atoms with Gasteiger partial charge in [0.2, 0.25) is 5.91 Å². The van der Waals surface area contributed by atoms with Gasteiger partial charge in [0.15, 0.2) is 5.69 Å². The highest BCUT2D eigenvalue weighted by atomic mass is 19.4. The van der Waals surface area contributed by atoms with E-state index in [2.05, 4.69) is 15.5 Å². The van der Waals surface area contributed by atoms with Crippen LogP contribution in [-0.4, -0.2) is 36.5 Å². The van der Waals surface area contributed by atoms with Gasteiger partial charge in [-0.25, -0.2) is 4.79 Å². The third-order valence-electron chi connectivity index (χ3n) is 3.94. The summed E-state index contributed by atoms with van der Waals surface area (Å²) in [7, 11) is 0. The summed E-state index contributed by atoms with van der Waals surface area (Å²) >= 11 is 0. The van der Waals surface area contributed by atoms with Crippen molar-refractivity contribution in [2.75, 3.05) is 5.32 Å². The fourth-order valence-corrected chi connectivity index (χ4v) is 2.59. The zero-order valence-electron chi connectivity index (χ0n) is 14.9. The van der Waals surface area contributed by atoms with Crippen LogP contribution in [0.15, 0.2) is 48.9 Å². The standard InChI is InChI=1S/C18H16F3N5O3/c19-18(20,21)13-3-1-2-12(8-13)10-26-11-14(9-22-26)23-16(27)5-7-25-6-4-15(24-25)17(28)29/h1-4,6,8-9,11H,5,7,10H2,(H,23,27)(H,28,29). The Bertz CT molecular complexity index is 1030. The van der Waals surface area contributed by atoms with E-state index in [4.69, 9.17) is 5.11 Å². The van der Waals surface area contributed by atoms with Crippen LogP contribution < -0.4 is 5.32 Å². The van der Waals surface area contributed by atoms with E-state index < -0.39 is 17.7 Å². The van der Waals surface area contributed by atoms with Crippen molar-refractivity contribution in [3.63, 3.8) is 0 Å². The first kappa shape index (κ1) is 20.1. The Balaban J connectivity index is 1.54. The molecule has 0 atom stereocenters. The molecule has 1 amide bonds. The zero-order valence-corrected chi connectivity index (χ0v) is 14.9. The van der Waals surface area contributed by atoms with E-state index in [1.165, 1.54) is 40.1 Å². The molecule has 2 N–H and O–H groups in total. The highest BCUT2D eigenvalue weighted by Crippen LogP contribution is 2.29. The number of hydrogen-bond acceptors (Lipinski definition) is 4. The van der Waals surface area contributed by atoms with Gasteiger partial charge >= 0.3 is 12.1 Å². The summed E-state index contributed by atoms with van der Waals surface area (Å²) in [5.41, 5.74) is -0.0241. The molecule has 0 radical (unpaired) electrons. The van der Waals surface area contributed by atoms with Crippen molar-refractivity contribution in [1.29, 1.82) is 0 Å². The van der Waals surface area contributed by atoms with Crippen molar-refractivity contribution in [2.24, 2.45) is 0 Å². The van der Waals surface area contributed by atoms with Gasteiger partial charge in [-0.15, -0.1) is 0 Å². The molecule has 0 aliphatic carbocycles. The Morgan fingerprint density at radius 3 is 2.66 bits per heavy atom. The predicted molar refractivity (Wildman–Crippen MR) is 95.2 cm³/mol. The molecule has 2 heterocycles. The molecule has 3 rings (SSSR count). The number of nitrogens with zero attached hydrogens (tertiary/aromatic N) is 4. The van der Waals surface area contributed by atoms with E-state index in [0.29, 0.717) is 11.3 Å². The van der Waals surface area contributed by atoms with E-state index in [1.807, 2.05) is 0 Å². The summed E-state index contributed by atoms with van der Waals surface area (Å²) in [6.07, 6.45) is -0.000993. The summed E-state index contributed by atoms with van der Waals surface area (Å²) in [4.78, 5) is 22.8. The van der Waals surface area contributed by atoms with Gasteiger partial charge in [0.05, 0.1) is 24.0 Å². The number of hydrogen-bond donors (Lipinski definition) is 2. The number of alkyl halides is 3. The average molecular weight is 407 g/mol. The number of aromatic carboxylic acids is 1. The zero-order chi connectivity index (χ0) is 21.0. The van der Waals surface area contributed by atoms with Gasteiger partial charge in [0, 0.05) is 25.4 Å². The number of benzene rings is 1. The van der Waals surface area contributed by atoms with Gasteiger partial charge in [-0.05, 0) is 23.8 Å². The number of carboxylic acid groups (broad SMARTS) is 1. The molecule has 0 bridgehead atoms. The van der Waals surface area contributed by atoms with Crippen molar-refractivity contribution < 1.29 is 27.9 Å². The van der Waals surface area contributed by atoms with Crippen LogP contribution in [0, 0.1) is 0 Å².